The second kappa shape index (κ2) is 6.01. The Morgan fingerprint density at radius 2 is 2.05 bits per heavy atom. The van der Waals surface area contributed by atoms with Crippen molar-refractivity contribution in [1.82, 2.24) is 9.78 Å². The van der Waals surface area contributed by atoms with Gasteiger partial charge in [0.05, 0.1) is 34.4 Å². The Kier molecular flexibility index (Phi) is 4.68. The fourth-order valence-corrected chi connectivity index (χ4v) is 3.66. The minimum Gasteiger partial charge on any atom is -0.264 e. The van der Waals surface area contributed by atoms with Crippen molar-refractivity contribution in [2.45, 2.75) is 66.3 Å². The van der Waals surface area contributed by atoms with Gasteiger partial charge >= 0.3 is 0 Å². The molecule has 1 aromatic rings. The molecule has 0 aromatic carbocycles. The molecule has 0 N–H and O–H groups in total. The molecule has 0 saturated heterocycles. The zero-order valence-corrected chi connectivity index (χ0v) is 14.5. The molecule has 1 aromatic heterocycles. The van der Waals surface area contributed by atoms with Crippen LogP contribution in [0.1, 0.15) is 63.9 Å². The molecule has 0 amide bonds. The molecule has 116 valence electrons. The van der Waals surface area contributed by atoms with Gasteiger partial charge in [-0.3, -0.25) is 4.68 Å². The van der Waals surface area contributed by atoms with Gasteiger partial charge in [0.1, 0.15) is 0 Å². The van der Waals surface area contributed by atoms with Crippen molar-refractivity contribution >= 4 is 11.6 Å². The zero-order chi connectivity index (χ0) is 15.8. The van der Waals surface area contributed by atoms with Crippen molar-refractivity contribution in [3.63, 3.8) is 0 Å². The van der Waals surface area contributed by atoms with Crippen LogP contribution in [0.4, 0.5) is 0 Å². The highest BCUT2D eigenvalue weighted by atomic mass is 35.5. The van der Waals surface area contributed by atoms with Crippen molar-refractivity contribution in [2.24, 2.45) is 17.3 Å². The number of nitriles is 1. The Labute approximate surface area is 133 Å². The minimum absolute atomic E-state index is 0.0444. The summed E-state index contributed by atoms with van der Waals surface area (Å²) in [6.07, 6.45) is 4.30. The number of halogens is 1. The van der Waals surface area contributed by atoms with Gasteiger partial charge in [-0.15, -0.1) is 0 Å². The van der Waals surface area contributed by atoms with Gasteiger partial charge in [-0.05, 0) is 44.4 Å². The summed E-state index contributed by atoms with van der Waals surface area (Å²) in [5.74, 6) is 0.683. The third kappa shape index (κ3) is 2.97. The molecule has 2 rings (SSSR count). The van der Waals surface area contributed by atoms with Crippen LogP contribution < -0.4 is 0 Å². The summed E-state index contributed by atoms with van der Waals surface area (Å²) < 4.78 is 2.02. The van der Waals surface area contributed by atoms with Crippen LogP contribution in [0.25, 0.3) is 0 Å². The van der Waals surface area contributed by atoms with Crippen LogP contribution in [0.2, 0.25) is 5.02 Å². The molecular weight excluding hydrogens is 282 g/mol. The molecule has 0 aliphatic heterocycles. The van der Waals surface area contributed by atoms with Crippen molar-refractivity contribution in [2.75, 3.05) is 0 Å². The number of aryl methyl sites for hydroxylation is 1. The Balaban J connectivity index is 2.34. The zero-order valence-electron chi connectivity index (χ0n) is 13.8. The Bertz CT molecular complexity index is 553. The highest BCUT2D eigenvalue weighted by molar-refractivity contribution is 6.31. The summed E-state index contributed by atoms with van der Waals surface area (Å²) in [5, 5.41) is 14.9. The van der Waals surface area contributed by atoms with Gasteiger partial charge in [-0.2, -0.15) is 10.4 Å². The Morgan fingerprint density at radius 1 is 1.38 bits per heavy atom. The standard InChI is InChI=1S/C17H26ClN3/c1-6-17(4,5)14-8-7-13(10-19)15(9-14)21-12(3)16(18)11(2)20-21/h13-15H,6-9H2,1-5H3. The van der Waals surface area contributed by atoms with E-state index in [-0.39, 0.29) is 12.0 Å². The third-order valence-corrected chi connectivity index (χ3v) is 6.10. The maximum atomic E-state index is 9.51. The van der Waals surface area contributed by atoms with Gasteiger partial charge in [0.15, 0.2) is 0 Å². The van der Waals surface area contributed by atoms with Crippen molar-refractivity contribution in [3.8, 4) is 6.07 Å². The molecule has 0 spiro atoms. The number of hydrogen-bond donors (Lipinski definition) is 0. The quantitative estimate of drug-likeness (QED) is 0.782. The van der Waals surface area contributed by atoms with E-state index in [9.17, 15) is 5.26 Å². The van der Waals surface area contributed by atoms with Gasteiger partial charge in [-0.25, -0.2) is 0 Å². The van der Waals surface area contributed by atoms with E-state index in [0.29, 0.717) is 11.3 Å². The number of nitrogens with zero attached hydrogens (tertiary/aromatic N) is 3. The maximum Gasteiger partial charge on any atom is 0.0844 e. The number of rotatable bonds is 3. The van der Waals surface area contributed by atoms with Gasteiger partial charge in [0, 0.05) is 0 Å². The molecule has 21 heavy (non-hydrogen) atoms. The summed E-state index contributed by atoms with van der Waals surface area (Å²) in [4.78, 5) is 0. The first-order chi connectivity index (χ1) is 9.81. The molecule has 0 bridgehead atoms. The van der Waals surface area contributed by atoms with Crippen LogP contribution in [0.15, 0.2) is 0 Å². The lowest BCUT2D eigenvalue weighted by Crippen LogP contribution is -2.34. The fourth-order valence-electron chi connectivity index (χ4n) is 3.53. The van der Waals surface area contributed by atoms with Crippen LogP contribution in [-0.4, -0.2) is 9.78 Å². The molecule has 0 radical (unpaired) electrons. The highest BCUT2D eigenvalue weighted by Gasteiger charge is 2.39. The molecule has 1 aliphatic rings. The maximum absolute atomic E-state index is 9.51. The van der Waals surface area contributed by atoms with Crippen LogP contribution in [0.5, 0.6) is 0 Å². The molecule has 3 nitrogen and oxygen atoms in total. The summed E-state index contributed by atoms with van der Waals surface area (Å²) >= 11 is 6.30. The van der Waals surface area contributed by atoms with E-state index in [1.807, 2.05) is 18.5 Å². The number of hydrogen-bond acceptors (Lipinski definition) is 2. The topological polar surface area (TPSA) is 41.6 Å². The first kappa shape index (κ1) is 16.4. The summed E-state index contributed by atoms with van der Waals surface area (Å²) in [6, 6.07) is 2.65. The van der Waals surface area contributed by atoms with E-state index in [1.54, 1.807) is 0 Å². The van der Waals surface area contributed by atoms with E-state index in [4.69, 9.17) is 11.6 Å². The number of aromatic nitrogens is 2. The predicted molar refractivity (Wildman–Crippen MR) is 86.3 cm³/mol. The van der Waals surface area contributed by atoms with Gasteiger partial charge < -0.3 is 0 Å². The summed E-state index contributed by atoms with van der Waals surface area (Å²) in [6.45, 7) is 10.9. The highest BCUT2D eigenvalue weighted by Crippen LogP contribution is 2.46. The lowest BCUT2D eigenvalue weighted by molar-refractivity contribution is 0.0982. The first-order valence-corrected chi connectivity index (χ1v) is 8.30. The van der Waals surface area contributed by atoms with Crippen LogP contribution in [0.3, 0.4) is 0 Å². The van der Waals surface area contributed by atoms with E-state index in [1.165, 1.54) is 6.42 Å². The smallest absolute Gasteiger partial charge is 0.0844 e. The van der Waals surface area contributed by atoms with Crippen LogP contribution in [-0.2, 0) is 0 Å². The van der Waals surface area contributed by atoms with E-state index >= 15 is 0 Å². The molecule has 1 fully saturated rings. The third-order valence-electron chi connectivity index (χ3n) is 5.55. The van der Waals surface area contributed by atoms with Crippen molar-refractivity contribution in [3.05, 3.63) is 16.4 Å². The molecular formula is C17H26ClN3. The Morgan fingerprint density at radius 3 is 2.52 bits per heavy atom. The van der Waals surface area contributed by atoms with E-state index in [0.717, 1.165) is 35.7 Å². The average Bonchev–Trinajstić information content (AvgIpc) is 2.74. The lowest BCUT2D eigenvalue weighted by Gasteiger charge is -2.41. The molecule has 1 saturated carbocycles. The average molecular weight is 308 g/mol. The fraction of sp³-hybridized carbons (Fsp3) is 0.765. The van der Waals surface area contributed by atoms with Gasteiger partial charge in [0.25, 0.3) is 0 Å². The van der Waals surface area contributed by atoms with Gasteiger partial charge in [-0.1, -0.05) is 38.8 Å². The van der Waals surface area contributed by atoms with Gasteiger partial charge in [0.2, 0.25) is 0 Å². The first-order valence-electron chi connectivity index (χ1n) is 7.92. The molecule has 4 heteroatoms. The largest absolute Gasteiger partial charge is 0.264 e. The SMILES string of the molecule is CCC(C)(C)C1CCC(C#N)C(n2nc(C)c(Cl)c2C)C1. The minimum atomic E-state index is 0.0444. The molecule has 1 aliphatic carbocycles. The monoisotopic (exact) mass is 307 g/mol. The molecule has 3 unspecified atom stereocenters. The second-order valence-corrected chi connectivity index (χ2v) is 7.46. The lowest BCUT2D eigenvalue weighted by atomic mass is 9.66. The molecule has 1 heterocycles. The second-order valence-electron chi connectivity index (χ2n) is 7.08. The summed E-state index contributed by atoms with van der Waals surface area (Å²) in [7, 11) is 0. The van der Waals surface area contributed by atoms with Crippen molar-refractivity contribution < 1.29 is 0 Å². The molecule has 3 atom stereocenters. The van der Waals surface area contributed by atoms with Crippen LogP contribution in [0, 0.1) is 42.4 Å². The Hall–Kier alpha value is -1.01. The normalized spacial score (nSPS) is 26.6. The van der Waals surface area contributed by atoms with E-state index in [2.05, 4.69) is 31.9 Å². The van der Waals surface area contributed by atoms with E-state index < -0.39 is 0 Å². The van der Waals surface area contributed by atoms with Crippen molar-refractivity contribution in [1.29, 1.82) is 5.26 Å². The van der Waals surface area contributed by atoms with Crippen LogP contribution >= 0.6 is 11.6 Å². The summed E-state index contributed by atoms with van der Waals surface area (Å²) in [5.41, 5.74) is 2.18. The predicted octanol–water partition coefficient (Wildman–Crippen LogP) is 5.07.